The molecule has 1 aromatic heterocycles. The zero-order chi connectivity index (χ0) is 12.4. The molecule has 94 valence electrons. The Hall–Kier alpha value is -1.52. The SMILES string of the molecule is Cc1[nH]nc(N)c1C(=O)NC1CCC(C)CC1. The highest BCUT2D eigenvalue weighted by Gasteiger charge is 2.22. The third-order valence-electron chi connectivity index (χ3n) is 3.55. The maximum Gasteiger partial charge on any atom is 0.257 e. The van der Waals surface area contributed by atoms with Crippen molar-refractivity contribution in [3.8, 4) is 0 Å². The summed E-state index contributed by atoms with van der Waals surface area (Å²) in [5, 5.41) is 9.61. The maximum atomic E-state index is 12.0. The van der Waals surface area contributed by atoms with E-state index in [0.29, 0.717) is 5.56 Å². The van der Waals surface area contributed by atoms with Gasteiger partial charge in [0.2, 0.25) is 0 Å². The minimum Gasteiger partial charge on any atom is -0.382 e. The van der Waals surface area contributed by atoms with Crippen LogP contribution in [0.5, 0.6) is 0 Å². The standard InChI is InChI=1S/C12H20N4O/c1-7-3-5-9(6-4-7)14-12(17)10-8(2)15-16-11(10)13/h7,9H,3-6H2,1-2H3,(H,14,17)(H3,13,15,16). The number of aromatic amines is 1. The lowest BCUT2D eigenvalue weighted by atomic mass is 9.87. The lowest BCUT2D eigenvalue weighted by Gasteiger charge is -2.26. The molecule has 0 bridgehead atoms. The Morgan fingerprint density at radius 1 is 1.41 bits per heavy atom. The molecule has 17 heavy (non-hydrogen) atoms. The van der Waals surface area contributed by atoms with E-state index >= 15 is 0 Å². The van der Waals surface area contributed by atoms with Gasteiger partial charge in [0.15, 0.2) is 5.82 Å². The number of amides is 1. The van der Waals surface area contributed by atoms with Gasteiger partial charge in [-0.3, -0.25) is 9.89 Å². The van der Waals surface area contributed by atoms with Crippen molar-refractivity contribution in [2.75, 3.05) is 5.73 Å². The van der Waals surface area contributed by atoms with Crippen molar-refractivity contribution in [3.63, 3.8) is 0 Å². The molecule has 0 aliphatic heterocycles. The molecule has 1 fully saturated rings. The fraction of sp³-hybridized carbons (Fsp3) is 0.667. The molecule has 0 radical (unpaired) electrons. The van der Waals surface area contributed by atoms with E-state index < -0.39 is 0 Å². The first-order valence-electron chi connectivity index (χ1n) is 6.19. The van der Waals surface area contributed by atoms with Crippen LogP contribution in [0.1, 0.15) is 48.7 Å². The fourth-order valence-electron chi connectivity index (χ4n) is 2.40. The number of H-pyrrole nitrogens is 1. The summed E-state index contributed by atoms with van der Waals surface area (Å²) in [6.45, 7) is 4.07. The Balaban J connectivity index is 1.98. The highest BCUT2D eigenvalue weighted by molar-refractivity contribution is 5.99. The molecular formula is C12H20N4O. The summed E-state index contributed by atoms with van der Waals surface area (Å²) >= 11 is 0. The molecule has 0 saturated heterocycles. The van der Waals surface area contributed by atoms with Gasteiger partial charge < -0.3 is 11.1 Å². The quantitative estimate of drug-likeness (QED) is 0.729. The predicted octanol–water partition coefficient (Wildman–Crippen LogP) is 1.61. The molecule has 0 aromatic carbocycles. The first-order valence-corrected chi connectivity index (χ1v) is 6.19. The summed E-state index contributed by atoms with van der Waals surface area (Å²) in [6, 6.07) is 0.285. The summed E-state index contributed by atoms with van der Waals surface area (Å²) in [7, 11) is 0. The smallest absolute Gasteiger partial charge is 0.257 e. The zero-order valence-electron chi connectivity index (χ0n) is 10.4. The van der Waals surface area contributed by atoms with Gasteiger partial charge >= 0.3 is 0 Å². The van der Waals surface area contributed by atoms with Gasteiger partial charge in [0.1, 0.15) is 5.56 Å². The predicted molar refractivity (Wildman–Crippen MR) is 66.6 cm³/mol. The highest BCUT2D eigenvalue weighted by atomic mass is 16.1. The maximum absolute atomic E-state index is 12.0. The monoisotopic (exact) mass is 236 g/mol. The topological polar surface area (TPSA) is 83.8 Å². The van der Waals surface area contributed by atoms with E-state index in [1.807, 2.05) is 0 Å². The number of aryl methyl sites for hydroxylation is 1. The van der Waals surface area contributed by atoms with Gasteiger partial charge in [0.05, 0.1) is 0 Å². The number of carbonyl (C=O) groups excluding carboxylic acids is 1. The lowest BCUT2D eigenvalue weighted by molar-refractivity contribution is 0.0923. The average Bonchev–Trinajstić information content (AvgIpc) is 2.62. The molecule has 4 N–H and O–H groups in total. The van der Waals surface area contributed by atoms with Crippen LogP contribution in [0.3, 0.4) is 0 Å². The zero-order valence-corrected chi connectivity index (χ0v) is 10.4. The van der Waals surface area contributed by atoms with Gasteiger partial charge in [0.25, 0.3) is 5.91 Å². The number of anilines is 1. The molecule has 5 heteroatoms. The Morgan fingerprint density at radius 2 is 2.06 bits per heavy atom. The second kappa shape index (κ2) is 4.77. The van der Waals surface area contributed by atoms with Crippen LogP contribution in [0.15, 0.2) is 0 Å². The van der Waals surface area contributed by atoms with Crippen LogP contribution in [0, 0.1) is 12.8 Å². The number of hydrogen-bond acceptors (Lipinski definition) is 3. The molecule has 0 unspecified atom stereocenters. The van der Waals surface area contributed by atoms with Crippen molar-refractivity contribution >= 4 is 11.7 Å². The molecule has 1 aromatic rings. The Kier molecular flexibility index (Phi) is 3.36. The van der Waals surface area contributed by atoms with Gasteiger partial charge in [-0.05, 0) is 38.5 Å². The lowest BCUT2D eigenvalue weighted by Crippen LogP contribution is -2.37. The molecule has 1 amide bonds. The second-order valence-electron chi connectivity index (χ2n) is 5.04. The van der Waals surface area contributed by atoms with Crippen LogP contribution in [0.2, 0.25) is 0 Å². The van der Waals surface area contributed by atoms with E-state index in [1.165, 1.54) is 12.8 Å². The van der Waals surface area contributed by atoms with Gasteiger partial charge in [-0.25, -0.2) is 0 Å². The summed E-state index contributed by atoms with van der Waals surface area (Å²) in [5.74, 6) is 0.960. The molecule has 1 heterocycles. The van der Waals surface area contributed by atoms with Crippen molar-refractivity contribution in [2.45, 2.75) is 45.6 Å². The number of rotatable bonds is 2. The largest absolute Gasteiger partial charge is 0.382 e. The minimum absolute atomic E-state index is 0.103. The van der Waals surface area contributed by atoms with Crippen LogP contribution in [-0.4, -0.2) is 22.1 Å². The third kappa shape index (κ3) is 2.60. The number of nitrogens with two attached hydrogens (primary N) is 1. The van der Waals surface area contributed by atoms with Gasteiger partial charge in [-0.15, -0.1) is 0 Å². The molecule has 5 nitrogen and oxygen atoms in total. The Labute approximate surface area is 101 Å². The van der Waals surface area contributed by atoms with Crippen LogP contribution in [0.25, 0.3) is 0 Å². The van der Waals surface area contributed by atoms with Crippen LogP contribution >= 0.6 is 0 Å². The van der Waals surface area contributed by atoms with E-state index in [-0.39, 0.29) is 17.8 Å². The summed E-state index contributed by atoms with van der Waals surface area (Å²) < 4.78 is 0. The summed E-state index contributed by atoms with van der Waals surface area (Å²) in [5.41, 5.74) is 6.88. The van der Waals surface area contributed by atoms with E-state index in [4.69, 9.17) is 5.73 Å². The first kappa shape index (κ1) is 12.0. The number of nitrogens with one attached hydrogen (secondary N) is 2. The number of nitrogens with zero attached hydrogens (tertiary/aromatic N) is 1. The summed E-state index contributed by atoms with van der Waals surface area (Å²) in [6.07, 6.45) is 4.49. The molecule has 1 aliphatic carbocycles. The van der Waals surface area contributed by atoms with Crippen molar-refractivity contribution in [2.24, 2.45) is 5.92 Å². The van der Waals surface area contributed by atoms with Crippen LogP contribution in [-0.2, 0) is 0 Å². The second-order valence-corrected chi connectivity index (χ2v) is 5.04. The Bertz CT molecular complexity index is 385. The van der Waals surface area contributed by atoms with Crippen LogP contribution < -0.4 is 11.1 Å². The molecule has 1 aliphatic rings. The molecule has 1 saturated carbocycles. The van der Waals surface area contributed by atoms with Crippen molar-refractivity contribution in [3.05, 3.63) is 11.3 Å². The van der Waals surface area contributed by atoms with E-state index in [1.54, 1.807) is 6.92 Å². The van der Waals surface area contributed by atoms with E-state index in [9.17, 15) is 4.79 Å². The fourth-order valence-corrected chi connectivity index (χ4v) is 2.40. The van der Waals surface area contributed by atoms with E-state index in [0.717, 1.165) is 24.5 Å². The van der Waals surface area contributed by atoms with Crippen molar-refractivity contribution in [1.82, 2.24) is 15.5 Å². The van der Waals surface area contributed by atoms with Crippen LogP contribution in [0.4, 0.5) is 5.82 Å². The van der Waals surface area contributed by atoms with Crippen molar-refractivity contribution < 1.29 is 4.79 Å². The van der Waals surface area contributed by atoms with Gasteiger partial charge in [-0.2, -0.15) is 5.10 Å². The third-order valence-corrected chi connectivity index (χ3v) is 3.55. The molecular weight excluding hydrogens is 216 g/mol. The molecule has 0 spiro atoms. The van der Waals surface area contributed by atoms with E-state index in [2.05, 4.69) is 22.4 Å². The van der Waals surface area contributed by atoms with Gasteiger partial charge in [-0.1, -0.05) is 6.92 Å². The number of aromatic nitrogens is 2. The van der Waals surface area contributed by atoms with Gasteiger partial charge in [0, 0.05) is 11.7 Å². The van der Waals surface area contributed by atoms with Crippen molar-refractivity contribution in [1.29, 1.82) is 0 Å². The highest BCUT2D eigenvalue weighted by Crippen LogP contribution is 2.24. The first-order chi connectivity index (χ1) is 8.08. The molecule has 0 atom stereocenters. The normalized spacial score (nSPS) is 24.6. The molecule has 2 rings (SSSR count). The minimum atomic E-state index is -0.103. The Morgan fingerprint density at radius 3 is 2.59 bits per heavy atom. The number of hydrogen-bond donors (Lipinski definition) is 3. The number of nitrogen functional groups attached to an aromatic ring is 1. The average molecular weight is 236 g/mol. The number of carbonyl (C=O) groups is 1. The summed E-state index contributed by atoms with van der Waals surface area (Å²) in [4.78, 5) is 12.0.